The van der Waals surface area contributed by atoms with E-state index in [9.17, 15) is 28.0 Å². The van der Waals surface area contributed by atoms with E-state index in [0.717, 1.165) is 0 Å². The standard InChI is InChI=1S/C31H29FN4O3.C27H27FN4O3.2Y/c1-7-34-22-14-19(13-20(15-22)29(37)36-31(3,4)5)23-16-24-26(17-25(23)35-8-2)39-28(27(24)30(38)33-6)18-9-11-21(32)12-10-18;1-27(2,3)32-25(33)16-9-15(10-18(29)11-16)19-12-20-22(13-21(19)30)35-24(23(20)26(34)31-4)14-5-7-17(28)8-6-14;;/h9-17,34-35H,1-2H2,3-6H3,(H,33,38)(H,36,37);5-13H,29-30H2,1-4H3,(H,31,34)(H,32,33);;/q-2;;;. The number of carbonyl (C=O) groups excluding carboxylic acids is 4. The van der Waals surface area contributed by atoms with Crippen molar-refractivity contribution in [1.82, 2.24) is 21.3 Å². The molecular formula is C58H56F2N8O6Y2-2. The largest absolute Gasteiger partial charge is 0.524 e. The number of furan rings is 2. The molecule has 4 amide bonds. The number of amides is 4. The molecule has 0 unspecified atom stereocenters. The zero-order valence-electron chi connectivity index (χ0n) is 43.3. The Morgan fingerprint density at radius 2 is 0.961 bits per heavy atom. The first-order chi connectivity index (χ1) is 35.0. The first-order valence-electron chi connectivity index (χ1n) is 23.2. The van der Waals surface area contributed by atoms with Crippen molar-refractivity contribution >= 4 is 68.3 Å². The average Bonchev–Trinajstić information content (AvgIpc) is 3.90. The summed E-state index contributed by atoms with van der Waals surface area (Å²) in [7, 11) is 3.05. The molecule has 2 radical (unpaired) electrons. The topological polar surface area (TPSA) is 219 Å². The number of nitrogens with two attached hydrogens (primary N) is 2. The second kappa shape index (κ2) is 24.8. The molecule has 6 aromatic carbocycles. The number of anilines is 4. The third kappa shape index (κ3) is 13.9. The fourth-order valence-electron chi connectivity index (χ4n) is 8.15. The van der Waals surface area contributed by atoms with Gasteiger partial charge in [0.15, 0.2) is 0 Å². The van der Waals surface area contributed by atoms with Gasteiger partial charge < -0.3 is 52.2 Å². The third-order valence-corrected chi connectivity index (χ3v) is 11.3. The molecule has 0 fully saturated rings. The summed E-state index contributed by atoms with van der Waals surface area (Å²) in [6.07, 6.45) is 5.32. The zero-order valence-corrected chi connectivity index (χ0v) is 49.0. The average molecular weight is 1180 g/mol. The molecule has 0 aliphatic carbocycles. The number of nitrogen functional groups attached to an aromatic ring is 2. The van der Waals surface area contributed by atoms with Crippen LogP contribution < -0.4 is 43.4 Å². The quantitative estimate of drug-likeness (QED) is 0.0329. The van der Waals surface area contributed by atoms with Gasteiger partial charge >= 0.3 is 0 Å². The Bertz CT molecular complexity index is 3510. The van der Waals surface area contributed by atoms with Crippen molar-refractivity contribution in [2.75, 3.05) is 36.2 Å². The first-order valence-corrected chi connectivity index (χ1v) is 23.2. The number of nitrogens with one attached hydrogen (secondary N) is 6. The number of halogens is 2. The summed E-state index contributed by atoms with van der Waals surface area (Å²) in [5.41, 5.74) is 19.5. The van der Waals surface area contributed by atoms with Crippen molar-refractivity contribution in [3.05, 3.63) is 169 Å². The van der Waals surface area contributed by atoms with Gasteiger partial charge in [-0.15, -0.1) is 23.5 Å². The van der Waals surface area contributed by atoms with Gasteiger partial charge in [0.05, 0.1) is 11.1 Å². The van der Waals surface area contributed by atoms with Gasteiger partial charge in [-0.3, -0.25) is 19.2 Å². The van der Waals surface area contributed by atoms with E-state index in [4.69, 9.17) is 20.3 Å². The summed E-state index contributed by atoms with van der Waals surface area (Å²) in [5, 5.41) is 18.2. The maximum Gasteiger partial charge on any atom is 0.255 e. The Kier molecular flexibility index (Phi) is 19.5. The number of benzene rings is 6. The second-order valence-electron chi connectivity index (χ2n) is 19.3. The molecule has 14 nitrogen and oxygen atoms in total. The van der Waals surface area contributed by atoms with Gasteiger partial charge in [-0.2, -0.15) is 25.6 Å². The molecule has 10 N–H and O–H groups in total. The molecule has 76 heavy (non-hydrogen) atoms. The van der Waals surface area contributed by atoms with E-state index in [2.05, 4.69) is 57.5 Å². The van der Waals surface area contributed by atoms with Crippen LogP contribution in [0.15, 0.2) is 131 Å². The number of hydrogen-bond acceptors (Lipinski definition) is 10. The predicted molar refractivity (Wildman–Crippen MR) is 289 cm³/mol. The van der Waals surface area contributed by atoms with E-state index in [1.165, 1.54) is 38.4 Å². The van der Waals surface area contributed by atoms with Crippen LogP contribution in [0.2, 0.25) is 0 Å². The van der Waals surface area contributed by atoms with E-state index in [1.54, 1.807) is 78.9 Å². The molecule has 2 aromatic heterocycles. The molecule has 8 rings (SSSR count). The summed E-state index contributed by atoms with van der Waals surface area (Å²) in [6, 6.07) is 28.6. The fourth-order valence-corrected chi connectivity index (χ4v) is 8.15. The normalized spacial score (nSPS) is 11.0. The number of carbonyl (C=O) groups is 4. The smallest absolute Gasteiger partial charge is 0.255 e. The van der Waals surface area contributed by atoms with Gasteiger partial charge in [0, 0.05) is 147 Å². The van der Waals surface area contributed by atoms with Crippen LogP contribution in [0.1, 0.15) is 83.0 Å². The maximum atomic E-state index is 13.6. The van der Waals surface area contributed by atoms with Gasteiger partial charge in [-0.1, -0.05) is 17.7 Å². The Balaban J connectivity index is 0.000000275. The molecular weight excluding hydrogens is 1120 g/mol. The van der Waals surface area contributed by atoms with Crippen molar-refractivity contribution in [3.8, 4) is 44.9 Å². The zero-order chi connectivity index (χ0) is 53.8. The van der Waals surface area contributed by atoms with Gasteiger partial charge in [0.25, 0.3) is 17.7 Å². The second-order valence-corrected chi connectivity index (χ2v) is 19.3. The van der Waals surface area contributed by atoms with Crippen LogP contribution in [-0.2, 0) is 65.4 Å². The van der Waals surface area contributed by atoms with Gasteiger partial charge in [-0.25, -0.2) is 8.78 Å². The first kappa shape index (κ1) is 59.9. The van der Waals surface area contributed by atoms with Crippen LogP contribution in [0, 0.1) is 24.0 Å². The van der Waals surface area contributed by atoms with Crippen LogP contribution >= 0.6 is 0 Å². The Hall–Kier alpha value is -6.97. The minimum absolute atomic E-state index is 0. The summed E-state index contributed by atoms with van der Waals surface area (Å²) in [5.74, 6) is -1.44. The van der Waals surface area contributed by atoms with Gasteiger partial charge in [0.2, 0.25) is 5.91 Å². The van der Waals surface area contributed by atoms with E-state index in [-0.39, 0.29) is 89.0 Å². The molecule has 2 heterocycles. The summed E-state index contributed by atoms with van der Waals surface area (Å²) in [4.78, 5) is 51.8. The SMILES string of the molecule is C=[C-]Nc1cc(C(=O)NC(C)(C)C)cc(-c2cc3c(C(=O)NC)c(-c4ccc(F)cc4)oc3cc2N[C-]=C)c1.CNC(=O)c1c(-c2ccc(F)cc2)oc2cc(N)c(-c3cc(N)cc(C(=O)NC(C)(C)C)c3)cc12.[Y].[Y]. The van der Waals surface area contributed by atoms with Crippen LogP contribution in [0.5, 0.6) is 0 Å². The van der Waals surface area contributed by atoms with Crippen molar-refractivity contribution < 1.29 is 102 Å². The monoisotopic (exact) mass is 1180 g/mol. The molecule has 0 spiro atoms. The van der Waals surface area contributed by atoms with Gasteiger partial charge in [0.1, 0.15) is 34.3 Å². The number of fused-ring (bicyclic) bond motifs is 2. The molecule has 0 aliphatic rings. The molecule has 0 aliphatic heterocycles. The molecule has 0 atom stereocenters. The fraction of sp³-hybridized carbons (Fsp3) is 0.172. The van der Waals surface area contributed by atoms with Crippen LogP contribution in [-0.4, -0.2) is 48.8 Å². The number of hydrogen-bond donors (Lipinski definition) is 8. The summed E-state index contributed by atoms with van der Waals surface area (Å²) < 4.78 is 39.2. The molecule has 0 saturated heterocycles. The molecule has 0 saturated carbocycles. The molecule has 8 aromatic rings. The van der Waals surface area contributed by atoms with Crippen molar-refractivity contribution in [3.63, 3.8) is 0 Å². The minimum atomic E-state index is -0.440. The molecule has 386 valence electrons. The van der Waals surface area contributed by atoms with E-state index < -0.39 is 22.7 Å². The predicted octanol–water partition coefficient (Wildman–Crippen LogP) is 11.5. The minimum Gasteiger partial charge on any atom is -0.524 e. The van der Waals surface area contributed by atoms with Crippen LogP contribution in [0.25, 0.3) is 66.8 Å². The Labute approximate surface area is 490 Å². The number of rotatable bonds is 12. The van der Waals surface area contributed by atoms with Gasteiger partial charge in [-0.05, 0) is 132 Å². The summed E-state index contributed by atoms with van der Waals surface area (Å²) >= 11 is 0. The van der Waals surface area contributed by atoms with Crippen LogP contribution in [0.4, 0.5) is 31.5 Å². The third-order valence-electron chi connectivity index (χ3n) is 11.3. The van der Waals surface area contributed by atoms with Crippen molar-refractivity contribution in [2.45, 2.75) is 52.6 Å². The van der Waals surface area contributed by atoms with Crippen LogP contribution in [0.3, 0.4) is 0 Å². The summed E-state index contributed by atoms with van der Waals surface area (Å²) in [6.45, 7) is 18.7. The van der Waals surface area contributed by atoms with E-state index in [1.807, 2.05) is 47.6 Å². The van der Waals surface area contributed by atoms with E-state index in [0.29, 0.717) is 112 Å². The Morgan fingerprint density at radius 1 is 0.526 bits per heavy atom. The Morgan fingerprint density at radius 3 is 1.41 bits per heavy atom. The maximum absolute atomic E-state index is 13.6. The van der Waals surface area contributed by atoms with E-state index >= 15 is 0 Å². The molecule has 0 bridgehead atoms. The van der Waals surface area contributed by atoms with Crippen molar-refractivity contribution in [2.24, 2.45) is 0 Å². The molecule has 18 heteroatoms. The van der Waals surface area contributed by atoms with Crippen molar-refractivity contribution in [1.29, 1.82) is 0 Å².